The zero-order valence-electron chi connectivity index (χ0n) is 14.4. The van der Waals surface area contributed by atoms with Gasteiger partial charge in [-0.25, -0.2) is 9.97 Å². The van der Waals surface area contributed by atoms with Gasteiger partial charge in [0.25, 0.3) is 0 Å². The van der Waals surface area contributed by atoms with E-state index in [-0.39, 0.29) is 5.91 Å². The van der Waals surface area contributed by atoms with Crippen LogP contribution >= 0.6 is 11.6 Å². The van der Waals surface area contributed by atoms with Gasteiger partial charge >= 0.3 is 0 Å². The standard InChI is InChI=1S/C19H18ClN5O/c1-12-16(20)7-4-8-17(12)25-19-10-18(21-11-22-19)24-15-6-3-5-14(9-15)23-13(2)26/h3-11H,1-2H3,(H,23,26)(H2,21,22,24,25). The van der Waals surface area contributed by atoms with Gasteiger partial charge in [-0.05, 0) is 42.8 Å². The number of nitrogens with zero attached hydrogens (tertiary/aromatic N) is 2. The minimum Gasteiger partial charge on any atom is -0.340 e. The van der Waals surface area contributed by atoms with Gasteiger partial charge in [0.05, 0.1) is 0 Å². The molecule has 0 saturated heterocycles. The van der Waals surface area contributed by atoms with E-state index in [1.54, 1.807) is 6.07 Å². The first-order valence-corrected chi connectivity index (χ1v) is 8.38. The molecular formula is C19H18ClN5O. The lowest BCUT2D eigenvalue weighted by Crippen LogP contribution is -2.06. The highest BCUT2D eigenvalue weighted by Gasteiger charge is 2.05. The fourth-order valence-corrected chi connectivity index (χ4v) is 2.58. The van der Waals surface area contributed by atoms with Crippen LogP contribution in [-0.4, -0.2) is 15.9 Å². The summed E-state index contributed by atoms with van der Waals surface area (Å²) in [6.07, 6.45) is 1.47. The second kappa shape index (κ2) is 7.84. The number of nitrogens with one attached hydrogen (secondary N) is 3. The Morgan fingerprint density at radius 3 is 2.42 bits per heavy atom. The first-order chi connectivity index (χ1) is 12.5. The van der Waals surface area contributed by atoms with E-state index in [2.05, 4.69) is 25.9 Å². The number of rotatable bonds is 5. The molecule has 0 spiro atoms. The minimum absolute atomic E-state index is 0.118. The summed E-state index contributed by atoms with van der Waals surface area (Å²) in [7, 11) is 0. The minimum atomic E-state index is -0.118. The van der Waals surface area contributed by atoms with E-state index in [0.29, 0.717) is 22.3 Å². The number of amides is 1. The first-order valence-electron chi connectivity index (χ1n) is 8.00. The van der Waals surface area contributed by atoms with Crippen LogP contribution < -0.4 is 16.0 Å². The molecule has 3 N–H and O–H groups in total. The van der Waals surface area contributed by atoms with Gasteiger partial charge in [0.2, 0.25) is 5.91 Å². The maximum atomic E-state index is 11.2. The number of benzene rings is 2. The predicted molar refractivity (Wildman–Crippen MR) is 106 cm³/mol. The lowest BCUT2D eigenvalue weighted by molar-refractivity contribution is -0.114. The molecule has 0 atom stereocenters. The van der Waals surface area contributed by atoms with Gasteiger partial charge < -0.3 is 16.0 Å². The van der Waals surface area contributed by atoms with Crippen molar-refractivity contribution in [2.24, 2.45) is 0 Å². The molecule has 7 heteroatoms. The van der Waals surface area contributed by atoms with Crippen molar-refractivity contribution in [1.82, 2.24) is 9.97 Å². The third kappa shape index (κ3) is 4.49. The van der Waals surface area contributed by atoms with Crippen LogP contribution in [0.15, 0.2) is 54.9 Å². The number of aromatic nitrogens is 2. The molecule has 0 aliphatic rings. The molecule has 0 aliphatic heterocycles. The van der Waals surface area contributed by atoms with Gasteiger partial charge in [-0.1, -0.05) is 23.7 Å². The maximum absolute atomic E-state index is 11.2. The summed E-state index contributed by atoms with van der Waals surface area (Å²) in [6, 6.07) is 14.9. The fraction of sp³-hybridized carbons (Fsp3) is 0.105. The van der Waals surface area contributed by atoms with Gasteiger partial charge in [-0.15, -0.1) is 0 Å². The SMILES string of the molecule is CC(=O)Nc1cccc(Nc2cc(Nc3cccc(Cl)c3C)ncn2)c1. The lowest BCUT2D eigenvalue weighted by atomic mass is 10.2. The first kappa shape index (κ1) is 17.7. The average Bonchev–Trinajstić information content (AvgIpc) is 2.59. The summed E-state index contributed by atoms with van der Waals surface area (Å²) in [5, 5.41) is 9.89. The summed E-state index contributed by atoms with van der Waals surface area (Å²) in [5.74, 6) is 1.15. The molecule has 26 heavy (non-hydrogen) atoms. The van der Waals surface area contributed by atoms with Crippen LogP contribution in [0, 0.1) is 6.92 Å². The highest BCUT2D eigenvalue weighted by atomic mass is 35.5. The summed E-state index contributed by atoms with van der Waals surface area (Å²) < 4.78 is 0. The van der Waals surface area contributed by atoms with Gasteiger partial charge in [0.15, 0.2) is 0 Å². The van der Waals surface area contributed by atoms with Crippen LogP contribution in [-0.2, 0) is 4.79 Å². The van der Waals surface area contributed by atoms with Crippen molar-refractivity contribution in [3.63, 3.8) is 0 Å². The van der Waals surface area contributed by atoms with Gasteiger partial charge in [0, 0.05) is 35.1 Å². The molecule has 0 aliphatic carbocycles. The Balaban J connectivity index is 1.77. The largest absolute Gasteiger partial charge is 0.340 e. The molecule has 0 radical (unpaired) electrons. The number of hydrogen-bond acceptors (Lipinski definition) is 5. The van der Waals surface area contributed by atoms with E-state index in [1.807, 2.05) is 49.4 Å². The average molecular weight is 368 g/mol. The van der Waals surface area contributed by atoms with Gasteiger partial charge in [-0.3, -0.25) is 4.79 Å². The molecular weight excluding hydrogens is 350 g/mol. The number of hydrogen-bond donors (Lipinski definition) is 3. The van der Waals surface area contributed by atoms with Crippen molar-refractivity contribution in [2.45, 2.75) is 13.8 Å². The Labute approximate surface area is 156 Å². The summed E-state index contributed by atoms with van der Waals surface area (Å²) in [4.78, 5) is 19.7. The Kier molecular flexibility index (Phi) is 5.34. The number of carbonyl (C=O) groups excluding carboxylic acids is 1. The molecule has 0 saturated carbocycles. The van der Waals surface area contributed by atoms with Crippen molar-refractivity contribution in [2.75, 3.05) is 16.0 Å². The summed E-state index contributed by atoms with van der Waals surface area (Å²) in [5.41, 5.74) is 3.35. The summed E-state index contributed by atoms with van der Waals surface area (Å²) in [6.45, 7) is 3.42. The van der Waals surface area contributed by atoms with E-state index < -0.39 is 0 Å². The van der Waals surface area contributed by atoms with E-state index >= 15 is 0 Å². The normalized spacial score (nSPS) is 10.3. The molecule has 2 aromatic carbocycles. The fourth-order valence-electron chi connectivity index (χ4n) is 2.40. The molecule has 0 bridgehead atoms. The maximum Gasteiger partial charge on any atom is 0.221 e. The third-order valence-corrected chi connectivity index (χ3v) is 4.06. The van der Waals surface area contributed by atoms with Crippen LogP contribution in [0.4, 0.5) is 28.7 Å². The van der Waals surface area contributed by atoms with Gasteiger partial charge in [0.1, 0.15) is 18.0 Å². The third-order valence-electron chi connectivity index (χ3n) is 3.65. The van der Waals surface area contributed by atoms with E-state index in [1.165, 1.54) is 13.3 Å². The van der Waals surface area contributed by atoms with E-state index in [0.717, 1.165) is 16.9 Å². The zero-order valence-corrected chi connectivity index (χ0v) is 15.1. The number of carbonyl (C=O) groups is 1. The van der Waals surface area contributed by atoms with Crippen LogP contribution in [0.1, 0.15) is 12.5 Å². The van der Waals surface area contributed by atoms with E-state index in [4.69, 9.17) is 11.6 Å². The van der Waals surface area contributed by atoms with Crippen LogP contribution in [0.2, 0.25) is 5.02 Å². The smallest absolute Gasteiger partial charge is 0.221 e. The molecule has 132 valence electrons. The molecule has 0 unspecified atom stereocenters. The summed E-state index contributed by atoms with van der Waals surface area (Å²) >= 11 is 6.15. The van der Waals surface area contributed by atoms with Crippen molar-refractivity contribution in [3.8, 4) is 0 Å². The molecule has 1 heterocycles. The van der Waals surface area contributed by atoms with Crippen molar-refractivity contribution in [1.29, 1.82) is 0 Å². The van der Waals surface area contributed by atoms with Crippen LogP contribution in [0.5, 0.6) is 0 Å². The number of anilines is 5. The predicted octanol–water partition coefficient (Wildman–Crippen LogP) is 4.88. The highest BCUT2D eigenvalue weighted by Crippen LogP contribution is 2.26. The van der Waals surface area contributed by atoms with Gasteiger partial charge in [-0.2, -0.15) is 0 Å². The monoisotopic (exact) mass is 367 g/mol. The zero-order chi connectivity index (χ0) is 18.5. The molecule has 1 amide bonds. The Morgan fingerprint density at radius 1 is 0.962 bits per heavy atom. The molecule has 1 aromatic heterocycles. The second-order valence-corrected chi connectivity index (χ2v) is 6.12. The quantitative estimate of drug-likeness (QED) is 0.598. The van der Waals surface area contributed by atoms with E-state index in [9.17, 15) is 4.79 Å². The number of halogens is 1. The molecule has 0 fully saturated rings. The van der Waals surface area contributed by atoms with Crippen molar-refractivity contribution in [3.05, 3.63) is 65.4 Å². The Hall–Kier alpha value is -3.12. The van der Waals surface area contributed by atoms with Crippen molar-refractivity contribution < 1.29 is 4.79 Å². The Bertz CT molecular complexity index is 945. The van der Waals surface area contributed by atoms with Crippen molar-refractivity contribution >= 4 is 46.2 Å². The Morgan fingerprint density at radius 2 is 1.65 bits per heavy atom. The highest BCUT2D eigenvalue weighted by molar-refractivity contribution is 6.31. The molecule has 3 rings (SSSR count). The van der Waals surface area contributed by atoms with Crippen LogP contribution in [0.25, 0.3) is 0 Å². The topological polar surface area (TPSA) is 78.9 Å². The lowest BCUT2D eigenvalue weighted by Gasteiger charge is -2.12. The molecule has 3 aromatic rings. The molecule has 6 nitrogen and oxygen atoms in total. The second-order valence-electron chi connectivity index (χ2n) is 5.71. The van der Waals surface area contributed by atoms with Crippen LogP contribution in [0.3, 0.4) is 0 Å².